The number of hydrogen-bond donors (Lipinski definition) is 1. The fraction of sp³-hybridized carbons (Fsp3) is 0.600. The van der Waals surface area contributed by atoms with Crippen LogP contribution in [0.25, 0.3) is 0 Å². The van der Waals surface area contributed by atoms with E-state index in [1.54, 1.807) is 20.3 Å². The highest BCUT2D eigenvalue weighted by atomic mass is 16.5. The van der Waals surface area contributed by atoms with Crippen LogP contribution in [0.5, 0.6) is 11.5 Å². The molecule has 1 aliphatic rings. The normalized spacial score (nSPS) is 24.4. The molecule has 0 bridgehead atoms. The number of likely N-dealkylation sites (tertiary alicyclic amines) is 1. The molecule has 1 N–H and O–H groups in total. The molecule has 0 spiro atoms. The van der Waals surface area contributed by atoms with E-state index >= 15 is 0 Å². The smallest absolute Gasteiger partial charge is 0.162 e. The molecule has 4 nitrogen and oxygen atoms in total. The van der Waals surface area contributed by atoms with Gasteiger partial charge in [-0.3, -0.25) is 4.90 Å². The number of phenols is 1. The first kappa shape index (κ1) is 14.2. The van der Waals surface area contributed by atoms with E-state index in [1.165, 1.54) is 0 Å². The summed E-state index contributed by atoms with van der Waals surface area (Å²) in [7, 11) is 3.34. The number of benzene rings is 1. The lowest BCUT2D eigenvalue weighted by molar-refractivity contribution is -0.0528. The first-order valence-corrected chi connectivity index (χ1v) is 6.70. The maximum absolute atomic E-state index is 10.1. The quantitative estimate of drug-likeness (QED) is 0.907. The molecule has 1 saturated heterocycles. The zero-order valence-electron chi connectivity index (χ0n) is 12.0. The van der Waals surface area contributed by atoms with Crippen LogP contribution in [0.3, 0.4) is 0 Å². The monoisotopic (exact) mass is 265 g/mol. The molecule has 1 atom stereocenters. The van der Waals surface area contributed by atoms with Crippen molar-refractivity contribution in [2.45, 2.75) is 31.9 Å². The Labute approximate surface area is 114 Å². The fourth-order valence-electron chi connectivity index (χ4n) is 2.71. The van der Waals surface area contributed by atoms with E-state index in [-0.39, 0.29) is 11.4 Å². The lowest BCUT2D eigenvalue weighted by Gasteiger charge is -2.39. The minimum Gasteiger partial charge on any atom is -0.504 e. The molecule has 1 heterocycles. The maximum atomic E-state index is 10.1. The second-order valence-corrected chi connectivity index (χ2v) is 5.44. The van der Waals surface area contributed by atoms with Gasteiger partial charge in [-0.15, -0.1) is 0 Å². The lowest BCUT2D eigenvalue weighted by Crippen LogP contribution is -2.46. The molecule has 0 aromatic heterocycles. The van der Waals surface area contributed by atoms with Crippen LogP contribution in [0.1, 0.15) is 25.3 Å². The topological polar surface area (TPSA) is 41.9 Å². The Kier molecular flexibility index (Phi) is 4.32. The third-order valence-corrected chi connectivity index (χ3v) is 3.93. The van der Waals surface area contributed by atoms with Crippen molar-refractivity contribution in [3.63, 3.8) is 0 Å². The molecule has 1 aliphatic heterocycles. The van der Waals surface area contributed by atoms with Crippen molar-refractivity contribution in [3.05, 3.63) is 23.8 Å². The molecule has 0 radical (unpaired) electrons. The van der Waals surface area contributed by atoms with Crippen LogP contribution in [0, 0.1) is 0 Å². The second kappa shape index (κ2) is 5.80. The van der Waals surface area contributed by atoms with E-state index in [9.17, 15) is 5.11 Å². The third-order valence-electron chi connectivity index (χ3n) is 3.93. The molecule has 0 amide bonds. The molecule has 19 heavy (non-hydrogen) atoms. The molecule has 1 aromatic rings. The lowest BCUT2D eigenvalue weighted by atomic mass is 9.94. The molecule has 106 valence electrons. The van der Waals surface area contributed by atoms with Crippen molar-refractivity contribution in [2.75, 3.05) is 27.3 Å². The predicted octanol–water partition coefficient (Wildman–Crippen LogP) is 2.40. The molecule has 1 unspecified atom stereocenters. The van der Waals surface area contributed by atoms with E-state index in [0.29, 0.717) is 5.75 Å². The summed E-state index contributed by atoms with van der Waals surface area (Å²) in [5, 5.41) is 10.1. The molecule has 0 aliphatic carbocycles. The number of methoxy groups -OCH3 is 2. The van der Waals surface area contributed by atoms with Crippen molar-refractivity contribution >= 4 is 0 Å². The number of hydrogen-bond acceptors (Lipinski definition) is 4. The van der Waals surface area contributed by atoms with Crippen LogP contribution in [-0.4, -0.2) is 42.9 Å². The van der Waals surface area contributed by atoms with Gasteiger partial charge in [-0.1, -0.05) is 12.1 Å². The Morgan fingerprint density at radius 3 is 2.84 bits per heavy atom. The number of aromatic hydroxyl groups is 1. The van der Waals surface area contributed by atoms with Gasteiger partial charge < -0.3 is 14.6 Å². The van der Waals surface area contributed by atoms with E-state index < -0.39 is 0 Å². The van der Waals surface area contributed by atoms with Crippen LogP contribution in [-0.2, 0) is 11.3 Å². The van der Waals surface area contributed by atoms with Gasteiger partial charge >= 0.3 is 0 Å². The predicted molar refractivity (Wildman–Crippen MR) is 74.6 cm³/mol. The minimum absolute atomic E-state index is 0.0767. The molecular formula is C15H23NO3. The van der Waals surface area contributed by atoms with Crippen LogP contribution < -0.4 is 4.74 Å². The van der Waals surface area contributed by atoms with E-state index in [4.69, 9.17) is 9.47 Å². The average molecular weight is 265 g/mol. The van der Waals surface area contributed by atoms with Crippen molar-refractivity contribution in [2.24, 2.45) is 0 Å². The Morgan fingerprint density at radius 1 is 1.37 bits per heavy atom. The summed E-state index contributed by atoms with van der Waals surface area (Å²) in [6, 6.07) is 5.62. The van der Waals surface area contributed by atoms with Gasteiger partial charge in [0.25, 0.3) is 0 Å². The summed E-state index contributed by atoms with van der Waals surface area (Å²) in [4.78, 5) is 2.32. The van der Waals surface area contributed by atoms with Gasteiger partial charge in [-0.05, 0) is 32.4 Å². The SMILES string of the molecule is COc1cccc(CN2CCCC(C)(OC)C2)c1O. The van der Waals surface area contributed by atoms with E-state index in [2.05, 4.69) is 11.8 Å². The van der Waals surface area contributed by atoms with E-state index in [1.807, 2.05) is 12.1 Å². The van der Waals surface area contributed by atoms with Crippen LogP contribution >= 0.6 is 0 Å². The Bertz CT molecular complexity index is 435. The number of nitrogens with zero attached hydrogens (tertiary/aromatic N) is 1. The molecule has 1 aromatic carbocycles. The zero-order valence-corrected chi connectivity index (χ0v) is 12.0. The number of ether oxygens (including phenoxy) is 2. The van der Waals surface area contributed by atoms with Gasteiger partial charge in [0, 0.05) is 25.8 Å². The van der Waals surface area contributed by atoms with Crippen molar-refractivity contribution in [1.29, 1.82) is 0 Å². The van der Waals surface area contributed by atoms with Crippen molar-refractivity contribution < 1.29 is 14.6 Å². The Morgan fingerprint density at radius 2 is 2.16 bits per heavy atom. The van der Waals surface area contributed by atoms with Crippen LogP contribution in [0.2, 0.25) is 0 Å². The summed E-state index contributed by atoms with van der Waals surface area (Å²) in [5.41, 5.74) is 0.826. The first-order chi connectivity index (χ1) is 9.08. The third kappa shape index (κ3) is 3.19. The van der Waals surface area contributed by atoms with Gasteiger partial charge in [-0.2, -0.15) is 0 Å². The summed E-state index contributed by atoms with van der Waals surface area (Å²) in [6.07, 6.45) is 2.21. The number of para-hydroxylation sites is 1. The van der Waals surface area contributed by atoms with Gasteiger partial charge in [0.1, 0.15) is 0 Å². The Hall–Kier alpha value is -1.26. The standard InChI is InChI=1S/C15H23NO3/c1-15(19-3)8-5-9-16(11-15)10-12-6-4-7-13(18-2)14(12)17/h4,6-7,17H,5,8-11H2,1-3H3. The summed E-state index contributed by atoms with van der Waals surface area (Å²) >= 11 is 0. The second-order valence-electron chi connectivity index (χ2n) is 5.44. The zero-order chi connectivity index (χ0) is 13.9. The minimum atomic E-state index is -0.0767. The maximum Gasteiger partial charge on any atom is 0.162 e. The average Bonchev–Trinajstić information content (AvgIpc) is 2.41. The van der Waals surface area contributed by atoms with Crippen molar-refractivity contribution in [1.82, 2.24) is 4.90 Å². The molecular weight excluding hydrogens is 242 g/mol. The first-order valence-electron chi connectivity index (χ1n) is 6.70. The summed E-state index contributed by atoms with van der Waals surface area (Å²) in [6.45, 7) is 4.79. The fourth-order valence-corrected chi connectivity index (χ4v) is 2.71. The highest BCUT2D eigenvalue weighted by Gasteiger charge is 2.30. The van der Waals surface area contributed by atoms with Crippen molar-refractivity contribution in [3.8, 4) is 11.5 Å². The largest absolute Gasteiger partial charge is 0.504 e. The summed E-state index contributed by atoms with van der Waals surface area (Å²) in [5.74, 6) is 0.777. The van der Waals surface area contributed by atoms with Crippen LogP contribution in [0.4, 0.5) is 0 Å². The highest BCUT2D eigenvalue weighted by Crippen LogP contribution is 2.32. The summed E-state index contributed by atoms with van der Waals surface area (Å²) < 4.78 is 10.7. The number of rotatable bonds is 4. The Balaban J connectivity index is 2.09. The molecule has 0 saturated carbocycles. The van der Waals surface area contributed by atoms with Gasteiger partial charge in [0.15, 0.2) is 11.5 Å². The highest BCUT2D eigenvalue weighted by molar-refractivity contribution is 5.45. The van der Waals surface area contributed by atoms with Gasteiger partial charge in [0.2, 0.25) is 0 Å². The molecule has 1 fully saturated rings. The van der Waals surface area contributed by atoms with Gasteiger partial charge in [0.05, 0.1) is 12.7 Å². The molecule has 2 rings (SSSR count). The van der Waals surface area contributed by atoms with E-state index in [0.717, 1.165) is 38.0 Å². The van der Waals surface area contributed by atoms with Crippen LogP contribution in [0.15, 0.2) is 18.2 Å². The number of piperidine rings is 1. The van der Waals surface area contributed by atoms with Gasteiger partial charge in [-0.25, -0.2) is 0 Å². The molecule has 4 heteroatoms. The number of phenolic OH excluding ortho intramolecular Hbond substituents is 1.